The number of halogens is 3. The van der Waals surface area contributed by atoms with Gasteiger partial charge in [-0.25, -0.2) is 9.97 Å². The van der Waals surface area contributed by atoms with Gasteiger partial charge in [-0.15, -0.1) is 0 Å². The first-order valence-corrected chi connectivity index (χ1v) is 5.94. The van der Waals surface area contributed by atoms with Crippen molar-refractivity contribution in [3.05, 3.63) is 51.4 Å². The number of nitrogens with zero attached hydrogens (tertiary/aromatic N) is 2. The van der Waals surface area contributed by atoms with Crippen LogP contribution in [0, 0.1) is 0 Å². The molecule has 2 heterocycles. The predicted molar refractivity (Wildman–Crippen MR) is 71.5 cm³/mol. The molecule has 1 N–H and O–H groups in total. The lowest BCUT2D eigenvalue weighted by Gasteiger charge is -2.06. The van der Waals surface area contributed by atoms with Crippen molar-refractivity contribution in [2.45, 2.75) is 0 Å². The Kier molecular flexibility index (Phi) is 4.01. The molecule has 0 atom stereocenters. The topological polar surface area (TPSA) is 54.9 Å². The van der Waals surface area contributed by atoms with Crippen LogP contribution in [-0.2, 0) is 0 Å². The van der Waals surface area contributed by atoms with Crippen molar-refractivity contribution < 1.29 is 4.79 Å². The van der Waals surface area contributed by atoms with E-state index in [0.717, 1.165) is 0 Å². The highest BCUT2D eigenvalue weighted by atomic mass is 35.5. The normalized spacial score (nSPS) is 10.2. The summed E-state index contributed by atoms with van der Waals surface area (Å²) in [6, 6.07) is 6.27. The van der Waals surface area contributed by atoms with Crippen LogP contribution in [0.3, 0.4) is 0 Å². The quantitative estimate of drug-likeness (QED) is 0.861. The van der Waals surface area contributed by atoms with Gasteiger partial charge in [0.1, 0.15) is 16.1 Å². The standard InChI is InChI=1S/C11H6Cl3N3O/c12-7-5-15-9(14)4-6(7)11(18)17-10-3-1-2-8(13)16-10/h1-5H,(H,16,17,18). The molecule has 0 aliphatic heterocycles. The molecule has 92 valence electrons. The van der Waals surface area contributed by atoms with Crippen LogP contribution in [0.5, 0.6) is 0 Å². The zero-order chi connectivity index (χ0) is 13.1. The lowest BCUT2D eigenvalue weighted by Crippen LogP contribution is -2.13. The van der Waals surface area contributed by atoms with Crippen molar-refractivity contribution in [1.29, 1.82) is 0 Å². The van der Waals surface area contributed by atoms with Crippen LogP contribution in [0.25, 0.3) is 0 Å². The minimum atomic E-state index is -0.431. The fourth-order valence-corrected chi connectivity index (χ4v) is 1.76. The van der Waals surface area contributed by atoms with Crippen LogP contribution in [0.1, 0.15) is 10.4 Å². The molecule has 0 aliphatic rings. The first-order chi connectivity index (χ1) is 8.56. The monoisotopic (exact) mass is 301 g/mol. The highest BCUT2D eigenvalue weighted by molar-refractivity contribution is 6.35. The van der Waals surface area contributed by atoms with Crippen molar-refractivity contribution in [3.8, 4) is 0 Å². The molecule has 4 nitrogen and oxygen atoms in total. The second kappa shape index (κ2) is 5.52. The minimum absolute atomic E-state index is 0.184. The van der Waals surface area contributed by atoms with Gasteiger partial charge in [0.2, 0.25) is 0 Å². The summed E-state index contributed by atoms with van der Waals surface area (Å²) in [4.78, 5) is 19.6. The molecule has 0 aliphatic carbocycles. The van der Waals surface area contributed by atoms with Crippen LogP contribution in [0.15, 0.2) is 30.5 Å². The first-order valence-electron chi connectivity index (χ1n) is 4.81. The zero-order valence-corrected chi connectivity index (χ0v) is 11.1. The molecule has 0 radical (unpaired) electrons. The summed E-state index contributed by atoms with van der Waals surface area (Å²) in [6.45, 7) is 0. The van der Waals surface area contributed by atoms with Crippen LogP contribution in [0.4, 0.5) is 5.82 Å². The Morgan fingerprint density at radius 1 is 1.17 bits per heavy atom. The molecule has 18 heavy (non-hydrogen) atoms. The zero-order valence-electron chi connectivity index (χ0n) is 8.82. The van der Waals surface area contributed by atoms with Gasteiger partial charge in [-0.05, 0) is 18.2 Å². The van der Waals surface area contributed by atoms with Gasteiger partial charge >= 0.3 is 0 Å². The third-order valence-corrected chi connectivity index (χ3v) is 2.74. The van der Waals surface area contributed by atoms with Crippen LogP contribution < -0.4 is 5.32 Å². The number of anilines is 1. The van der Waals surface area contributed by atoms with Crippen molar-refractivity contribution in [1.82, 2.24) is 9.97 Å². The molecule has 1 amide bonds. The van der Waals surface area contributed by atoms with E-state index in [9.17, 15) is 4.79 Å². The van der Waals surface area contributed by atoms with Gasteiger partial charge in [-0.1, -0.05) is 40.9 Å². The van der Waals surface area contributed by atoms with E-state index < -0.39 is 5.91 Å². The van der Waals surface area contributed by atoms with E-state index in [4.69, 9.17) is 34.8 Å². The molecular formula is C11H6Cl3N3O. The molecule has 2 aromatic heterocycles. The third-order valence-electron chi connectivity index (χ3n) is 2.02. The highest BCUT2D eigenvalue weighted by Gasteiger charge is 2.12. The van der Waals surface area contributed by atoms with E-state index in [0.29, 0.717) is 5.82 Å². The van der Waals surface area contributed by atoms with Gasteiger partial charge in [0.05, 0.1) is 10.6 Å². The van der Waals surface area contributed by atoms with Gasteiger partial charge in [-0.2, -0.15) is 0 Å². The molecule has 0 saturated carbocycles. The number of hydrogen-bond donors (Lipinski definition) is 1. The number of carbonyl (C=O) groups excluding carboxylic acids is 1. The average molecular weight is 303 g/mol. The Bertz CT molecular complexity index is 604. The molecule has 0 aromatic carbocycles. The summed E-state index contributed by atoms with van der Waals surface area (Å²) in [6.07, 6.45) is 1.31. The maximum atomic E-state index is 11.9. The van der Waals surface area contributed by atoms with Crippen molar-refractivity contribution in [2.75, 3.05) is 5.32 Å². The molecule has 7 heteroatoms. The first kappa shape index (κ1) is 13.1. The van der Waals surface area contributed by atoms with Crippen molar-refractivity contribution in [3.63, 3.8) is 0 Å². The summed E-state index contributed by atoms with van der Waals surface area (Å²) in [5.41, 5.74) is 0.221. The number of pyridine rings is 2. The number of hydrogen-bond acceptors (Lipinski definition) is 3. The highest BCUT2D eigenvalue weighted by Crippen LogP contribution is 2.19. The van der Waals surface area contributed by atoms with Crippen LogP contribution in [0.2, 0.25) is 15.3 Å². The Morgan fingerprint density at radius 2 is 1.94 bits per heavy atom. The molecule has 0 bridgehead atoms. The lowest BCUT2D eigenvalue weighted by atomic mass is 10.2. The number of amides is 1. The number of rotatable bonds is 2. The van der Waals surface area contributed by atoms with Gasteiger partial charge < -0.3 is 5.32 Å². The molecule has 2 rings (SSSR count). The number of aromatic nitrogens is 2. The fraction of sp³-hybridized carbons (Fsp3) is 0. The average Bonchev–Trinajstić information content (AvgIpc) is 2.32. The second-order valence-electron chi connectivity index (χ2n) is 3.29. The van der Waals surface area contributed by atoms with Crippen LogP contribution >= 0.6 is 34.8 Å². The summed E-state index contributed by atoms with van der Waals surface area (Å²) in [7, 11) is 0. The SMILES string of the molecule is O=C(Nc1cccc(Cl)n1)c1cc(Cl)ncc1Cl. The van der Waals surface area contributed by atoms with E-state index >= 15 is 0 Å². The van der Waals surface area contributed by atoms with Gasteiger partial charge in [-0.3, -0.25) is 4.79 Å². The van der Waals surface area contributed by atoms with Crippen molar-refractivity contribution in [2.24, 2.45) is 0 Å². The fourth-order valence-electron chi connectivity index (χ4n) is 1.25. The maximum Gasteiger partial charge on any atom is 0.258 e. The summed E-state index contributed by atoms with van der Waals surface area (Å²) >= 11 is 17.3. The van der Waals surface area contributed by atoms with E-state index in [2.05, 4.69) is 15.3 Å². The predicted octanol–water partition coefficient (Wildman–Crippen LogP) is 3.69. The van der Waals surface area contributed by atoms with Gasteiger partial charge in [0.15, 0.2) is 0 Å². The molecule has 0 fully saturated rings. The Hall–Kier alpha value is -1.36. The second-order valence-corrected chi connectivity index (χ2v) is 4.47. The molecule has 0 saturated heterocycles. The van der Waals surface area contributed by atoms with E-state index in [-0.39, 0.29) is 20.9 Å². The van der Waals surface area contributed by atoms with E-state index in [1.165, 1.54) is 12.3 Å². The smallest absolute Gasteiger partial charge is 0.258 e. The maximum absolute atomic E-state index is 11.9. The number of carbonyl (C=O) groups is 1. The Labute approximate surface area is 118 Å². The van der Waals surface area contributed by atoms with E-state index in [1.807, 2.05) is 0 Å². The van der Waals surface area contributed by atoms with Gasteiger partial charge in [0, 0.05) is 6.20 Å². The minimum Gasteiger partial charge on any atom is -0.306 e. The molecule has 0 unspecified atom stereocenters. The lowest BCUT2D eigenvalue weighted by molar-refractivity contribution is 0.102. The van der Waals surface area contributed by atoms with E-state index in [1.54, 1.807) is 18.2 Å². The largest absolute Gasteiger partial charge is 0.306 e. The summed E-state index contributed by atoms with van der Waals surface area (Å²) in [5, 5.41) is 3.24. The molecule has 2 aromatic rings. The molecular weight excluding hydrogens is 296 g/mol. The third kappa shape index (κ3) is 3.10. The van der Waals surface area contributed by atoms with Crippen LogP contribution in [-0.4, -0.2) is 15.9 Å². The van der Waals surface area contributed by atoms with Crippen molar-refractivity contribution >= 4 is 46.5 Å². The summed E-state index contributed by atoms with van der Waals surface area (Å²) in [5.74, 6) is -0.101. The number of nitrogens with one attached hydrogen (secondary N) is 1. The Balaban J connectivity index is 2.24. The molecule has 0 spiro atoms. The summed E-state index contributed by atoms with van der Waals surface area (Å²) < 4.78 is 0. The Morgan fingerprint density at radius 3 is 2.67 bits per heavy atom. The van der Waals surface area contributed by atoms with Gasteiger partial charge in [0.25, 0.3) is 5.91 Å².